The molecule has 10 rings (SSSR count). The van der Waals surface area contributed by atoms with Crippen molar-refractivity contribution in [1.82, 2.24) is 10.2 Å². The van der Waals surface area contributed by atoms with Gasteiger partial charge in [0.1, 0.15) is 11.5 Å². The van der Waals surface area contributed by atoms with Crippen LogP contribution in [0.25, 0.3) is 11.1 Å². The fourth-order valence-corrected chi connectivity index (χ4v) is 13.0. The molecule has 43 heavy (non-hydrogen) atoms. The molecule has 0 radical (unpaired) electrons. The predicted molar refractivity (Wildman–Crippen MR) is 166 cm³/mol. The summed E-state index contributed by atoms with van der Waals surface area (Å²) in [4.78, 5) is 0. The van der Waals surface area contributed by atoms with E-state index in [0.717, 1.165) is 39.6 Å². The molecule has 4 aromatic carbocycles. The minimum Gasteiger partial charge on any atom is -0.496 e. The summed E-state index contributed by atoms with van der Waals surface area (Å²) in [6, 6.07) is 21.7. The lowest BCUT2D eigenvalue weighted by Gasteiger charge is -2.42. The highest BCUT2D eigenvalue weighted by Crippen LogP contribution is 2.61. The van der Waals surface area contributed by atoms with Crippen molar-refractivity contribution in [2.75, 3.05) is 27.5 Å². The normalized spacial score (nSPS) is 26.8. The zero-order valence-corrected chi connectivity index (χ0v) is 25.9. The van der Waals surface area contributed by atoms with E-state index >= 15 is 0 Å². The molecule has 5 aliphatic rings. The Morgan fingerprint density at radius 3 is 1.53 bits per heavy atom. The maximum atomic E-state index is 7.84. The summed E-state index contributed by atoms with van der Waals surface area (Å²) in [6.45, 7) is 4.66. The van der Waals surface area contributed by atoms with Crippen LogP contribution in [0.4, 0.5) is 0 Å². The molecule has 8 nitrogen and oxygen atoms in total. The Hall–Kier alpha value is -3.80. The van der Waals surface area contributed by atoms with Gasteiger partial charge in [-0.25, -0.2) is 0 Å². The SMILES string of the molecule is COc1cccc2c1C1(N)c3c(ccc4c3C3c5c-4ccc4c5C(N)(c5c(OC)cccc5P4C)[n+]4ncn[n+]1c43)P2C. The van der Waals surface area contributed by atoms with Crippen LogP contribution in [0.3, 0.4) is 0 Å². The van der Waals surface area contributed by atoms with E-state index in [1.54, 1.807) is 20.5 Å². The van der Waals surface area contributed by atoms with Crippen LogP contribution in [0, 0.1) is 0 Å². The summed E-state index contributed by atoms with van der Waals surface area (Å²) in [5.41, 5.74) is 22.6. The molecule has 210 valence electrons. The molecule has 5 heterocycles. The van der Waals surface area contributed by atoms with Gasteiger partial charge in [0.15, 0.2) is 5.92 Å². The van der Waals surface area contributed by atoms with Crippen LogP contribution in [-0.4, -0.2) is 37.7 Å². The lowest BCUT2D eigenvalue weighted by atomic mass is 9.74. The summed E-state index contributed by atoms with van der Waals surface area (Å²) < 4.78 is 16.1. The van der Waals surface area contributed by atoms with Gasteiger partial charge in [-0.2, -0.15) is 0 Å². The van der Waals surface area contributed by atoms with E-state index in [4.69, 9.17) is 31.1 Å². The molecule has 5 aromatic rings. The van der Waals surface area contributed by atoms with Crippen molar-refractivity contribution in [2.45, 2.75) is 17.2 Å². The first-order chi connectivity index (χ1) is 20.9. The predicted octanol–water partition coefficient (Wildman–Crippen LogP) is 1.02. The van der Waals surface area contributed by atoms with E-state index < -0.39 is 27.2 Å². The first-order valence-corrected chi connectivity index (χ1v) is 17.9. The number of fused-ring (bicyclic) bond motifs is 7. The van der Waals surface area contributed by atoms with Crippen LogP contribution in [0.2, 0.25) is 0 Å². The monoisotopic (exact) mass is 602 g/mol. The van der Waals surface area contributed by atoms with Gasteiger partial charge in [0.05, 0.1) is 36.5 Å². The first-order valence-electron chi connectivity index (χ1n) is 14.3. The molecule has 4 atom stereocenters. The molecule has 1 aromatic heterocycles. The number of nitrogens with zero attached hydrogens (tertiary/aromatic N) is 4. The van der Waals surface area contributed by atoms with Gasteiger partial charge < -0.3 is 9.47 Å². The van der Waals surface area contributed by atoms with Crippen LogP contribution in [0.1, 0.15) is 45.1 Å². The van der Waals surface area contributed by atoms with E-state index in [0.29, 0.717) is 0 Å². The average molecular weight is 603 g/mol. The number of ether oxygens (including phenoxy) is 2. The summed E-state index contributed by atoms with van der Waals surface area (Å²) in [7, 11) is 2.07. The number of hydrogen-bond donors (Lipinski definition) is 2. The lowest BCUT2D eigenvalue weighted by molar-refractivity contribution is -0.932. The second kappa shape index (κ2) is 7.64. The van der Waals surface area contributed by atoms with Gasteiger partial charge in [-0.05, 0) is 84.8 Å². The third kappa shape index (κ3) is 2.41. The zero-order valence-electron chi connectivity index (χ0n) is 24.1. The van der Waals surface area contributed by atoms with Crippen LogP contribution in [0.15, 0.2) is 67.0 Å². The number of rotatable bonds is 2. The Labute approximate surface area is 250 Å². The first kappa shape index (κ1) is 24.6. The van der Waals surface area contributed by atoms with Crippen LogP contribution >= 0.6 is 15.8 Å². The summed E-state index contributed by atoms with van der Waals surface area (Å²) in [5, 5.41) is 14.9. The van der Waals surface area contributed by atoms with E-state index in [1.807, 2.05) is 21.5 Å². The van der Waals surface area contributed by atoms with E-state index in [-0.39, 0.29) is 5.92 Å². The maximum Gasteiger partial charge on any atom is 0.485 e. The van der Waals surface area contributed by atoms with Gasteiger partial charge >= 0.3 is 17.2 Å². The summed E-state index contributed by atoms with van der Waals surface area (Å²) >= 11 is 0. The number of benzene rings is 4. The zero-order chi connectivity index (χ0) is 29.2. The molecule has 4 aliphatic heterocycles. The molecule has 0 fully saturated rings. The largest absolute Gasteiger partial charge is 0.496 e. The Balaban J connectivity index is 1.44. The van der Waals surface area contributed by atoms with Crippen molar-refractivity contribution in [1.29, 1.82) is 0 Å². The van der Waals surface area contributed by atoms with Gasteiger partial charge in [0.25, 0.3) is 0 Å². The molecule has 0 saturated heterocycles. The van der Waals surface area contributed by atoms with E-state index in [9.17, 15) is 0 Å². The molecule has 0 amide bonds. The van der Waals surface area contributed by atoms with Gasteiger partial charge in [0.2, 0.25) is 6.33 Å². The Morgan fingerprint density at radius 1 is 0.651 bits per heavy atom. The van der Waals surface area contributed by atoms with Crippen LogP contribution in [0.5, 0.6) is 11.5 Å². The van der Waals surface area contributed by atoms with Gasteiger partial charge in [-0.15, -0.1) is 0 Å². The molecule has 4 N–H and O–H groups in total. The fourth-order valence-electron chi connectivity index (χ4n) is 8.81. The third-order valence-electron chi connectivity index (χ3n) is 10.4. The van der Waals surface area contributed by atoms with E-state index in [2.05, 4.69) is 61.9 Å². The molecule has 0 spiro atoms. The van der Waals surface area contributed by atoms with Crippen molar-refractivity contribution in [3.05, 3.63) is 106 Å². The standard InChI is InChI=1S/C33H28N6O2P2/c1-40-18-7-5-9-20-27(18)32(34)29-22(42(20)3)13-11-16-17-12-14-23-30-25(17)26(24(16)29)31-38(32)36-15-37-39(31)33(30,35)28-19(41-2)8-6-10-21(28)43(23)4/h5-15,26H,34-35H2,1-4H3/q+2. The molecule has 0 bridgehead atoms. The number of hydrogen-bond acceptors (Lipinski definition) is 6. The Kier molecular flexibility index (Phi) is 4.37. The van der Waals surface area contributed by atoms with Gasteiger partial charge in [0, 0.05) is 19.6 Å². The van der Waals surface area contributed by atoms with E-state index in [1.165, 1.54) is 43.5 Å². The second-order valence-corrected chi connectivity index (χ2v) is 16.1. The quantitative estimate of drug-likeness (QED) is 0.227. The maximum absolute atomic E-state index is 7.84. The number of methoxy groups -OCH3 is 2. The second-order valence-electron chi connectivity index (χ2n) is 12.0. The highest BCUT2D eigenvalue weighted by atomic mass is 31.1. The van der Waals surface area contributed by atoms with Gasteiger partial charge in [-0.1, -0.05) is 48.5 Å². The minimum absolute atomic E-state index is 0.0937. The van der Waals surface area contributed by atoms with Crippen LogP contribution in [-0.2, 0) is 11.3 Å². The minimum atomic E-state index is -1.12. The third-order valence-corrected chi connectivity index (χ3v) is 14.8. The molecular formula is C33H28N6O2P2+2. The lowest BCUT2D eigenvalue weighted by Crippen LogP contribution is -2.83. The summed E-state index contributed by atoms with van der Waals surface area (Å²) in [5.74, 6) is 2.31. The molecular weight excluding hydrogens is 574 g/mol. The van der Waals surface area contributed by atoms with Crippen molar-refractivity contribution in [2.24, 2.45) is 11.5 Å². The molecule has 10 heteroatoms. The van der Waals surface area contributed by atoms with Crippen molar-refractivity contribution in [3.8, 4) is 22.6 Å². The Morgan fingerprint density at radius 2 is 1.09 bits per heavy atom. The molecule has 4 unspecified atom stereocenters. The molecule has 0 saturated carbocycles. The smallest absolute Gasteiger partial charge is 0.485 e. The fraction of sp³-hybridized carbons (Fsp3) is 0.212. The topological polar surface area (TPSA) is 104 Å². The highest BCUT2D eigenvalue weighted by molar-refractivity contribution is 7.73. The molecule has 1 aliphatic carbocycles. The highest BCUT2D eigenvalue weighted by Gasteiger charge is 2.71. The Bertz CT molecular complexity index is 2020. The average Bonchev–Trinajstić information content (AvgIpc) is 3.38. The van der Waals surface area contributed by atoms with Crippen molar-refractivity contribution < 1.29 is 18.8 Å². The van der Waals surface area contributed by atoms with Crippen molar-refractivity contribution >= 4 is 37.1 Å². The number of nitrogens with two attached hydrogens (primary N) is 2. The van der Waals surface area contributed by atoms with Crippen LogP contribution < -0.4 is 51.5 Å². The summed E-state index contributed by atoms with van der Waals surface area (Å²) in [6.07, 6.45) is 1.60. The number of aromatic nitrogens is 4. The van der Waals surface area contributed by atoms with Crippen molar-refractivity contribution in [3.63, 3.8) is 0 Å². The van der Waals surface area contributed by atoms with Gasteiger partial charge in [-0.3, -0.25) is 11.5 Å².